The maximum Gasteiger partial charge on any atom is 0.116 e. The van der Waals surface area contributed by atoms with Crippen LogP contribution in [0.15, 0.2) is 24.3 Å². The van der Waals surface area contributed by atoms with Crippen LogP contribution in [0.25, 0.3) is 11.3 Å². The molecule has 2 rings (SSSR count). The molecule has 1 aromatic heterocycles. The summed E-state index contributed by atoms with van der Waals surface area (Å²) in [4.78, 5) is 0. The van der Waals surface area contributed by atoms with E-state index in [1.165, 1.54) is 5.56 Å². The summed E-state index contributed by atoms with van der Waals surface area (Å²) in [7, 11) is 1.83. The molecule has 0 atom stereocenters. The van der Waals surface area contributed by atoms with Gasteiger partial charge in [0.2, 0.25) is 0 Å². The standard InChI is InChI=1S/C14H19N3O/c1-14(2,3)11-7-5-10(6-8-11)13-12(9-18)15-16-17(13)4/h5-8,18H,9H2,1-4H3. The van der Waals surface area contributed by atoms with Crippen molar-refractivity contribution in [2.75, 3.05) is 0 Å². The van der Waals surface area contributed by atoms with Gasteiger partial charge in [-0.15, -0.1) is 5.10 Å². The summed E-state index contributed by atoms with van der Waals surface area (Å²) >= 11 is 0. The van der Waals surface area contributed by atoms with Crippen molar-refractivity contribution < 1.29 is 5.11 Å². The highest BCUT2D eigenvalue weighted by molar-refractivity contribution is 5.62. The van der Waals surface area contributed by atoms with Crippen LogP contribution >= 0.6 is 0 Å². The summed E-state index contributed by atoms with van der Waals surface area (Å²) in [6, 6.07) is 8.34. The Hall–Kier alpha value is -1.68. The molecule has 1 aromatic carbocycles. The molecule has 0 fully saturated rings. The topological polar surface area (TPSA) is 50.9 Å². The third-order valence-electron chi connectivity index (χ3n) is 3.07. The fourth-order valence-electron chi connectivity index (χ4n) is 1.99. The summed E-state index contributed by atoms with van der Waals surface area (Å²) in [6.07, 6.45) is 0. The van der Waals surface area contributed by atoms with Gasteiger partial charge in [0.05, 0.1) is 12.3 Å². The van der Waals surface area contributed by atoms with Gasteiger partial charge in [0, 0.05) is 12.6 Å². The van der Waals surface area contributed by atoms with Crippen LogP contribution in [0.4, 0.5) is 0 Å². The van der Waals surface area contributed by atoms with Crippen LogP contribution < -0.4 is 0 Å². The average Bonchev–Trinajstić information content (AvgIpc) is 2.69. The molecule has 96 valence electrons. The SMILES string of the molecule is Cn1nnc(CO)c1-c1ccc(C(C)(C)C)cc1. The van der Waals surface area contributed by atoms with E-state index in [1.54, 1.807) is 4.68 Å². The van der Waals surface area contributed by atoms with Crippen LogP contribution in [0.5, 0.6) is 0 Å². The predicted octanol–water partition coefficient (Wildman–Crippen LogP) is 2.27. The number of aromatic nitrogens is 3. The van der Waals surface area contributed by atoms with Crippen molar-refractivity contribution in [2.45, 2.75) is 32.8 Å². The van der Waals surface area contributed by atoms with Crippen molar-refractivity contribution in [1.29, 1.82) is 0 Å². The highest BCUT2D eigenvalue weighted by atomic mass is 16.3. The second kappa shape index (κ2) is 4.53. The molecule has 0 saturated carbocycles. The number of hydrogen-bond acceptors (Lipinski definition) is 3. The molecule has 0 saturated heterocycles. The van der Waals surface area contributed by atoms with E-state index in [0.717, 1.165) is 11.3 Å². The van der Waals surface area contributed by atoms with Crippen LogP contribution in [-0.2, 0) is 19.1 Å². The molecule has 1 heterocycles. The van der Waals surface area contributed by atoms with Crippen molar-refractivity contribution in [1.82, 2.24) is 15.0 Å². The van der Waals surface area contributed by atoms with Gasteiger partial charge in [0.1, 0.15) is 5.69 Å². The van der Waals surface area contributed by atoms with E-state index in [9.17, 15) is 5.11 Å². The van der Waals surface area contributed by atoms with Gasteiger partial charge >= 0.3 is 0 Å². The summed E-state index contributed by atoms with van der Waals surface area (Å²) < 4.78 is 1.69. The minimum atomic E-state index is -0.0931. The van der Waals surface area contributed by atoms with Gasteiger partial charge in [-0.25, -0.2) is 4.68 Å². The predicted molar refractivity (Wildman–Crippen MR) is 71.1 cm³/mol. The Morgan fingerprint density at radius 3 is 2.28 bits per heavy atom. The number of aryl methyl sites for hydroxylation is 1. The Kier molecular flexibility index (Phi) is 3.22. The first-order valence-corrected chi connectivity index (χ1v) is 6.04. The van der Waals surface area contributed by atoms with E-state index in [1.807, 2.05) is 7.05 Å². The average molecular weight is 245 g/mol. The molecule has 4 heteroatoms. The molecule has 0 aliphatic rings. The molecular weight excluding hydrogens is 226 g/mol. The molecule has 0 amide bonds. The fraction of sp³-hybridized carbons (Fsp3) is 0.429. The number of hydrogen-bond donors (Lipinski definition) is 1. The zero-order valence-corrected chi connectivity index (χ0v) is 11.3. The third kappa shape index (κ3) is 2.29. The number of rotatable bonds is 2. The Morgan fingerprint density at radius 2 is 1.78 bits per heavy atom. The number of benzene rings is 1. The van der Waals surface area contributed by atoms with E-state index in [2.05, 4.69) is 55.3 Å². The van der Waals surface area contributed by atoms with E-state index < -0.39 is 0 Å². The van der Waals surface area contributed by atoms with Crippen LogP contribution in [-0.4, -0.2) is 20.1 Å². The largest absolute Gasteiger partial charge is 0.390 e. The fourth-order valence-corrected chi connectivity index (χ4v) is 1.99. The van der Waals surface area contributed by atoms with Crippen molar-refractivity contribution >= 4 is 0 Å². The normalized spacial score (nSPS) is 11.8. The lowest BCUT2D eigenvalue weighted by molar-refractivity contribution is 0.277. The molecule has 18 heavy (non-hydrogen) atoms. The molecule has 2 aromatic rings. The highest BCUT2D eigenvalue weighted by Gasteiger charge is 2.15. The minimum Gasteiger partial charge on any atom is -0.390 e. The zero-order chi connectivity index (χ0) is 13.3. The monoisotopic (exact) mass is 245 g/mol. The maximum absolute atomic E-state index is 9.26. The molecule has 0 radical (unpaired) electrons. The second-order valence-corrected chi connectivity index (χ2v) is 5.49. The van der Waals surface area contributed by atoms with Crippen molar-refractivity contribution in [3.63, 3.8) is 0 Å². The van der Waals surface area contributed by atoms with Crippen molar-refractivity contribution in [3.8, 4) is 11.3 Å². The molecule has 0 unspecified atom stereocenters. The van der Waals surface area contributed by atoms with E-state index in [-0.39, 0.29) is 12.0 Å². The first-order valence-electron chi connectivity index (χ1n) is 6.04. The van der Waals surface area contributed by atoms with E-state index >= 15 is 0 Å². The molecule has 1 N–H and O–H groups in total. The van der Waals surface area contributed by atoms with E-state index in [4.69, 9.17) is 0 Å². The van der Waals surface area contributed by atoms with Gasteiger partial charge in [-0.1, -0.05) is 50.3 Å². The molecular formula is C14H19N3O. The number of aliphatic hydroxyl groups is 1. The molecule has 0 spiro atoms. The van der Waals surface area contributed by atoms with Crippen molar-refractivity contribution in [3.05, 3.63) is 35.5 Å². The van der Waals surface area contributed by atoms with Gasteiger partial charge in [0.15, 0.2) is 0 Å². The lowest BCUT2D eigenvalue weighted by Gasteiger charge is -2.19. The van der Waals surface area contributed by atoms with Crippen LogP contribution in [0.2, 0.25) is 0 Å². The van der Waals surface area contributed by atoms with Gasteiger partial charge in [0.25, 0.3) is 0 Å². The van der Waals surface area contributed by atoms with Crippen LogP contribution in [0, 0.1) is 0 Å². The van der Waals surface area contributed by atoms with Gasteiger partial charge in [-0.3, -0.25) is 0 Å². The Balaban J connectivity index is 2.43. The Bertz CT molecular complexity index is 535. The first kappa shape index (κ1) is 12.8. The molecule has 0 bridgehead atoms. The smallest absolute Gasteiger partial charge is 0.116 e. The quantitative estimate of drug-likeness (QED) is 0.883. The maximum atomic E-state index is 9.26. The van der Waals surface area contributed by atoms with E-state index in [0.29, 0.717) is 5.69 Å². The van der Waals surface area contributed by atoms with Crippen LogP contribution in [0.1, 0.15) is 32.0 Å². The van der Waals surface area contributed by atoms with Gasteiger partial charge in [-0.05, 0) is 11.0 Å². The van der Waals surface area contributed by atoms with Gasteiger partial charge < -0.3 is 5.11 Å². The number of aliphatic hydroxyl groups excluding tert-OH is 1. The van der Waals surface area contributed by atoms with Gasteiger partial charge in [-0.2, -0.15) is 0 Å². The summed E-state index contributed by atoms with van der Waals surface area (Å²) in [6.45, 7) is 6.47. The minimum absolute atomic E-state index is 0.0931. The summed E-state index contributed by atoms with van der Waals surface area (Å²) in [5.74, 6) is 0. The molecule has 0 aliphatic carbocycles. The van der Waals surface area contributed by atoms with Crippen molar-refractivity contribution in [2.24, 2.45) is 7.05 Å². The summed E-state index contributed by atoms with van der Waals surface area (Å²) in [5, 5.41) is 17.1. The first-order chi connectivity index (χ1) is 8.43. The molecule has 4 nitrogen and oxygen atoms in total. The number of nitrogens with zero attached hydrogens (tertiary/aromatic N) is 3. The lowest BCUT2D eigenvalue weighted by Crippen LogP contribution is -2.10. The summed E-state index contributed by atoms with van der Waals surface area (Å²) in [5.41, 5.74) is 3.94. The Morgan fingerprint density at radius 1 is 1.17 bits per heavy atom. The lowest BCUT2D eigenvalue weighted by atomic mass is 9.86. The zero-order valence-electron chi connectivity index (χ0n) is 11.3. The second-order valence-electron chi connectivity index (χ2n) is 5.49. The van der Waals surface area contributed by atoms with Crippen LogP contribution in [0.3, 0.4) is 0 Å². The highest BCUT2D eigenvalue weighted by Crippen LogP contribution is 2.27. The molecule has 0 aliphatic heterocycles. The third-order valence-corrected chi connectivity index (χ3v) is 3.07. The Labute approximate surface area is 107 Å².